The monoisotopic (exact) mass is 274 g/mol. The van der Waals surface area contributed by atoms with E-state index >= 15 is 0 Å². The first-order chi connectivity index (χ1) is 9.78. The Labute approximate surface area is 117 Å². The molecule has 1 aliphatic heterocycles. The van der Waals surface area contributed by atoms with E-state index in [1.54, 1.807) is 18.4 Å². The van der Waals surface area contributed by atoms with Crippen molar-refractivity contribution in [1.82, 2.24) is 20.4 Å². The van der Waals surface area contributed by atoms with Gasteiger partial charge in [0.05, 0.1) is 6.26 Å². The number of carbonyl (C=O) groups excluding carboxylic acids is 1. The molecule has 0 aliphatic carbocycles. The second-order valence-corrected chi connectivity index (χ2v) is 5.02. The predicted molar refractivity (Wildman–Crippen MR) is 74.3 cm³/mol. The summed E-state index contributed by atoms with van der Waals surface area (Å²) < 4.78 is 5.29. The molecule has 1 amide bonds. The summed E-state index contributed by atoms with van der Waals surface area (Å²) in [7, 11) is 1.93. The van der Waals surface area contributed by atoms with Crippen LogP contribution in [0, 0.1) is 0 Å². The van der Waals surface area contributed by atoms with Gasteiger partial charge in [-0.2, -0.15) is 5.10 Å². The summed E-state index contributed by atoms with van der Waals surface area (Å²) in [5.41, 5.74) is 1.16. The molecule has 3 heterocycles. The molecule has 1 fully saturated rings. The van der Waals surface area contributed by atoms with Crippen LogP contribution in [0.4, 0.5) is 0 Å². The number of H-pyrrole nitrogens is 1. The normalized spacial score (nSPS) is 19.2. The number of hydrogen-bond donors (Lipinski definition) is 2. The lowest BCUT2D eigenvalue weighted by atomic mass is 10.1. The Kier molecular flexibility index (Phi) is 3.56. The maximum Gasteiger partial charge on any atom is 0.274 e. The van der Waals surface area contributed by atoms with E-state index in [4.69, 9.17) is 4.42 Å². The van der Waals surface area contributed by atoms with Gasteiger partial charge in [0.15, 0.2) is 11.5 Å². The number of carbonyl (C=O) groups is 1. The van der Waals surface area contributed by atoms with E-state index < -0.39 is 0 Å². The smallest absolute Gasteiger partial charge is 0.274 e. The fourth-order valence-electron chi connectivity index (χ4n) is 2.55. The molecule has 1 saturated heterocycles. The Morgan fingerprint density at radius 1 is 1.60 bits per heavy atom. The first-order valence-corrected chi connectivity index (χ1v) is 6.84. The van der Waals surface area contributed by atoms with Crippen molar-refractivity contribution in [3.05, 3.63) is 30.2 Å². The summed E-state index contributed by atoms with van der Waals surface area (Å²) >= 11 is 0. The first-order valence-electron chi connectivity index (χ1n) is 6.84. The Balaban J connectivity index is 1.74. The van der Waals surface area contributed by atoms with Crippen molar-refractivity contribution in [1.29, 1.82) is 0 Å². The summed E-state index contributed by atoms with van der Waals surface area (Å²) in [5, 5.41) is 10.2. The van der Waals surface area contributed by atoms with Crippen LogP contribution in [-0.4, -0.2) is 47.2 Å². The van der Waals surface area contributed by atoms with E-state index in [1.807, 2.05) is 18.0 Å². The Bertz CT molecular complexity index is 576. The van der Waals surface area contributed by atoms with Crippen LogP contribution >= 0.6 is 0 Å². The number of nitrogens with one attached hydrogen (secondary N) is 2. The standard InChI is InChI=1S/C14H18N4O2/c1-15-10-4-2-6-18(9-10)14(19)12-8-11(16-17-12)13-5-3-7-20-13/h3,5,7-8,10,15H,2,4,6,9H2,1H3,(H,16,17). The minimum Gasteiger partial charge on any atom is -0.463 e. The van der Waals surface area contributed by atoms with Gasteiger partial charge in [0.25, 0.3) is 5.91 Å². The number of rotatable bonds is 3. The summed E-state index contributed by atoms with van der Waals surface area (Å²) in [5.74, 6) is 0.655. The first kappa shape index (κ1) is 12.9. The van der Waals surface area contributed by atoms with Crippen LogP contribution in [0.1, 0.15) is 23.3 Å². The van der Waals surface area contributed by atoms with Crippen LogP contribution in [0.2, 0.25) is 0 Å². The van der Waals surface area contributed by atoms with Crippen molar-refractivity contribution in [2.24, 2.45) is 0 Å². The largest absolute Gasteiger partial charge is 0.463 e. The second-order valence-electron chi connectivity index (χ2n) is 5.02. The van der Waals surface area contributed by atoms with E-state index in [0.717, 1.165) is 31.6 Å². The van der Waals surface area contributed by atoms with Crippen LogP contribution in [0.5, 0.6) is 0 Å². The van der Waals surface area contributed by atoms with E-state index in [1.165, 1.54) is 0 Å². The van der Waals surface area contributed by atoms with Crippen LogP contribution in [0.15, 0.2) is 28.9 Å². The van der Waals surface area contributed by atoms with Crippen LogP contribution in [-0.2, 0) is 0 Å². The third kappa shape index (κ3) is 2.46. The van der Waals surface area contributed by atoms with Crippen molar-refractivity contribution in [2.45, 2.75) is 18.9 Å². The van der Waals surface area contributed by atoms with Gasteiger partial charge in [-0.3, -0.25) is 9.89 Å². The van der Waals surface area contributed by atoms with Crippen molar-refractivity contribution in [3.8, 4) is 11.5 Å². The van der Waals surface area contributed by atoms with Gasteiger partial charge < -0.3 is 14.6 Å². The molecule has 0 radical (unpaired) electrons. The molecule has 2 aromatic rings. The van der Waals surface area contributed by atoms with Gasteiger partial charge >= 0.3 is 0 Å². The van der Waals surface area contributed by atoms with Crippen molar-refractivity contribution < 1.29 is 9.21 Å². The molecule has 1 unspecified atom stereocenters. The molecular formula is C14H18N4O2. The Morgan fingerprint density at radius 2 is 2.50 bits per heavy atom. The zero-order valence-corrected chi connectivity index (χ0v) is 11.4. The average Bonchev–Trinajstić information content (AvgIpc) is 3.17. The molecule has 1 aliphatic rings. The number of furan rings is 1. The molecule has 106 valence electrons. The number of nitrogens with zero attached hydrogens (tertiary/aromatic N) is 2. The number of aromatic amines is 1. The second kappa shape index (κ2) is 5.50. The maximum atomic E-state index is 12.4. The molecule has 2 N–H and O–H groups in total. The van der Waals surface area contributed by atoms with Gasteiger partial charge in [0.1, 0.15) is 5.69 Å². The molecule has 20 heavy (non-hydrogen) atoms. The third-order valence-corrected chi connectivity index (χ3v) is 3.70. The molecule has 1 atom stereocenters. The Hall–Kier alpha value is -2.08. The minimum absolute atomic E-state index is 0.0287. The van der Waals surface area contributed by atoms with Crippen LogP contribution in [0.3, 0.4) is 0 Å². The Morgan fingerprint density at radius 3 is 3.25 bits per heavy atom. The number of piperidine rings is 1. The summed E-state index contributed by atoms with van der Waals surface area (Å²) in [4.78, 5) is 14.3. The molecule has 6 nitrogen and oxygen atoms in total. The van der Waals surface area contributed by atoms with Crippen LogP contribution in [0.25, 0.3) is 11.5 Å². The SMILES string of the molecule is CNC1CCCN(C(=O)c2cc(-c3ccco3)[nH]n2)C1. The van der Waals surface area contributed by atoms with E-state index in [0.29, 0.717) is 17.5 Å². The number of amides is 1. The summed E-state index contributed by atoms with van der Waals surface area (Å²) in [6.45, 7) is 1.53. The topological polar surface area (TPSA) is 74.2 Å². The lowest BCUT2D eigenvalue weighted by molar-refractivity contribution is 0.0692. The van der Waals surface area contributed by atoms with Gasteiger partial charge in [-0.15, -0.1) is 0 Å². The predicted octanol–water partition coefficient (Wildman–Crippen LogP) is 1.49. The molecule has 6 heteroatoms. The minimum atomic E-state index is -0.0287. The molecule has 3 rings (SSSR count). The van der Waals surface area contributed by atoms with Crippen molar-refractivity contribution in [2.75, 3.05) is 20.1 Å². The average molecular weight is 274 g/mol. The summed E-state index contributed by atoms with van der Waals surface area (Å²) in [6.07, 6.45) is 3.73. The molecule has 0 bridgehead atoms. The third-order valence-electron chi connectivity index (χ3n) is 3.70. The zero-order valence-electron chi connectivity index (χ0n) is 11.4. The van der Waals surface area contributed by atoms with Gasteiger partial charge in [0, 0.05) is 25.2 Å². The van der Waals surface area contributed by atoms with Crippen molar-refractivity contribution >= 4 is 5.91 Å². The van der Waals surface area contributed by atoms with Gasteiger partial charge in [-0.1, -0.05) is 0 Å². The zero-order chi connectivity index (χ0) is 13.9. The summed E-state index contributed by atoms with van der Waals surface area (Å²) in [6, 6.07) is 5.75. The number of hydrogen-bond acceptors (Lipinski definition) is 4. The van der Waals surface area contributed by atoms with E-state index in [9.17, 15) is 4.79 Å². The lowest BCUT2D eigenvalue weighted by Gasteiger charge is -2.32. The fraction of sp³-hybridized carbons (Fsp3) is 0.429. The maximum absolute atomic E-state index is 12.4. The van der Waals surface area contributed by atoms with Crippen LogP contribution < -0.4 is 5.32 Å². The fourth-order valence-corrected chi connectivity index (χ4v) is 2.55. The molecule has 0 spiro atoms. The van der Waals surface area contributed by atoms with E-state index in [2.05, 4.69) is 15.5 Å². The highest BCUT2D eigenvalue weighted by molar-refractivity contribution is 5.93. The van der Waals surface area contributed by atoms with Gasteiger partial charge in [0.2, 0.25) is 0 Å². The number of aromatic nitrogens is 2. The highest BCUT2D eigenvalue weighted by Gasteiger charge is 2.25. The number of likely N-dealkylation sites (tertiary alicyclic amines) is 1. The van der Waals surface area contributed by atoms with Gasteiger partial charge in [-0.25, -0.2) is 0 Å². The molecule has 2 aromatic heterocycles. The van der Waals surface area contributed by atoms with E-state index in [-0.39, 0.29) is 5.91 Å². The van der Waals surface area contributed by atoms with Gasteiger partial charge in [-0.05, 0) is 32.0 Å². The lowest BCUT2D eigenvalue weighted by Crippen LogP contribution is -2.47. The van der Waals surface area contributed by atoms with Crippen molar-refractivity contribution in [3.63, 3.8) is 0 Å². The molecule has 0 aromatic carbocycles. The number of likely N-dealkylation sites (N-methyl/N-ethyl adjacent to an activating group) is 1. The molecular weight excluding hydrogens is 256 g/mol. The molecule has 0 saturated carbocycles. The quantitative estimate of drug-likeness (QED) is 0.889. The highest BCUT2D eigenvalue weighted by Crippen LogP contribution is 2.19. The highest BCUT2D eigenvalue weighted by atomic mass is 16.3.